The molecule has 0 spiro atoms. The zero-order chi connectivity index (χ0) is 20.5. The number of H-pyrrole nitrogens is 1. The molecule has 0 aliphatic carbocycles. The van der Waals surface area contributed by atoms with Crippen LogP contribution in [0.3, 0.4) is 0 Å². The molecule has 3 rings (SSSR count). The average molecular weight is 521 g/mol. The molecular formula is C22H32IN7. The molecule has 2 heterocycles. The fourth-order valence-corrected chi connectivity index (χ4v) is 3.20. The summed E-state index contributed by atoms with van der Waals surface area (Å²) >= 11 is 0. The summed E-state index contributed by atoms with van der Waals surface area (Å²) in [7, 11) is 2.04. The molecule has 0 radical (unpaired) electrons. The highest BCUT2D eigenvalue weighted by Gasteiger charge is 2.09. The van der Waals surface area contributed by atoms with E-state index in [9.17, 15) is 0 Å². The van der Waals surface area contributed by atoms with E-state index < -0.39 is 0 Å². The van der Waals surface area contributed by atoms with Crippen LogP contribution in [0.1, 0.15) is 31.4 Å². The van der Waals surface area contributed by atoms with E-state index in [-0.39, 0.29) is 24.0 Å². The van der Waals surface area contributed by atoms with Crippen LogP contribution in [0.2, 0.25) is 0 Å². The quantitative estimate of drug-likeness (QED) is 0.193. The Morgan fingerprint density at radius 2 is 2.00 bits per heavy atom. The molecule has 1 aromatic carbocycles. The van der Waals surface area contributed by atoms with Gasteiger partial charge in [-0.3, -0.25) is 4.99 Å². The summed E-state index contributed by atoms with van der Waals surface area (Å²) in [5, 5.41) is 3.37. The number of hydrogen-bond donors (Lipinski definition) is 2. The zero-order valence-electron chi connectivity index (χ0n) is 18.0. The van der Waals surface area contributed by atoms with Crippen molar-refractivity contribution in [2.75, 3.05) is 20.1 Å². The van der Waals surface area contributed by atoms with Crippen LogP contribution in [0.5, 0.6) is 0 Å². The Morgan fingerprint density at radius 3 is 2.70 bits per heavy atom. The predicted octanol–water partition coefficient (Wildman–Crippen LogP) is 4.08. The van der Waals surface area contributed by atoms with E-state index in [1.807, 2.05) is 50.8 Å². The summed E-state index contributed by atoms with van der Waals surface area (Å²) in [5.41, 5.74) is 2.17. The summed E-state index contributed by atoms with van der Waals surface area (Å²) in [5.74, 6) is 2.89. The van der Waals surface area contributed by atoms with Crippen molar-refractivity contribution >= 4 is 29.9 Å². The number of rotatable bonds is 9. The predicted molar refractivity (Wildman–Crippen MR) is 133 cm³/mol. The highest BCUT2D eigenvalue weighted by molar-refractivity contribution is 14.0. The summed E-state index contributed by atoms with van der Waals surface area (Å²) < 4.78 is 2.18. The standard InChI is InChI=1S/C22H31N7.HI/c1-4-23-22(25-12-8-9-14-29-15-13-24-18(29)2)28(3)17-21-26-16-20(27-21)19-10-6-5-7-11-19;/h5-7,10-11,13,15-16H,4,8-9,12,14,17H2,1-3H3,(H,23,25)(H,26,27);1H. The van der Waals surface area contributed by atoms with Crippen LogP contribution in [0.15, 0.2) is 53.9 Å². The summed E-state index contributed by atoms with van der Waals surface area (Å²) in [6, 6.07) is 10.2. The van der Waals surface area contributed by atoms with Crippen LogP contribution in [0.4, 0.5) is 0 Å². The van der Waals surface area contributed by atoms with Crippen molar-refractivity contribution in [2.45, 2.75) is 39.8 Å². The zero-order valence-corrected chi connectivity index (χ0v) is 20.3. The van der Waals surface area contributed by atoms with E-state index in [0.29, 0.717) is 6.54 Å². The molecule has 0 bridgehead atoms. The van der Waals surface area contributed by atoms with Crippen molar-refractivity contribution < 1.29 is 0 Å². The van der Waals surface area contributed by atoms with Crippen LogP contribution in [-0.2, 0) is 13.1 Å². The van der Waals surface area contributed by atoms with Gasteiger partial charge >= 0.3 is 0 Å². The van der Waals surface area contributed by atoms with Gasteiger partial charge in [0.05, 0.1) is 18.4 Å². The molecule has 2 N–H and O–H groups in total. The highest BCUT2D eigenvalue weighted by atomic mass is 127. The van der Waals surface area contributed by atoms with Crippen LogP contribution < -0.4 is 5.32 Å². The molecule has 2 aromatic heterocycles. The number of guanidine groups is 1. The van der Waals surface area contributed by atoms with E-state index >= 15 is 0 Å². The lowest BCUT2D eigenvalue weighted by atomic mass is 10.2. The number of benzene rings is 1. The third-order valence-corrected chi connectivity index (χ3v) is 4.79. The van der Waals surface area contributed by atoms with Gasteiger partial charge < -0.3 is 19.8 Å². The van der Waals surface area contributed by atoms with Crippen LogP contribution in [0, 0.1) is 6.92 Å². The van der Waals surface area contributed by atoms with Gasteiger partial charge in [0, 0.05) is 39.1 Å². The van der Waals surface area contributed by atoms with Crippen LogP contribution in [0.25, 0.3) is 11.3 Å². The Bertz CT molecular complexity index is 901. The molecule has 0 unspecified atom stereocenters. The van der Waals surface area contributed by atoms with E-state index in [0.717, 1.165) is 61.3 Å². The van der Waals surface area contributed by atoms with Crippen LogP contribution in [-0.4, -0.2) is 50.5 Å². The van der Waals surface area contributed by atoms with Crippen molar-refractivity contribution in [1.82, 2.24) is 29.7 Å². The molecule has 7 nitrogen and oxygen atoms in total. The minimum atomic E-state index is 0. The molecule has 0 aliphatic rings. The number of aryl methyl sites for hydroxylation is 2. The monoisotopic (exact) mass is 521 g/mol. The molecule has 0 saturated carbocycles. The second-order valence-corrected chi connectivity index (χ2v) is 7.08. The Labute approximate surface area is 196 Å². The average Bonchev–Trinajstić information content (AvgIpc) is 3.36. The Kier molecular flexibility index (Phi) is 9.85. The number of halogens is 1. The maximum Gasteiger partial charge on any atom is 0.194 e. The highest BCUT2D eigenvalue weighted by Crippen LogP contribution is 2.16. The smallest absolute Gasteiger partial charge is 0.194 e. The van der Waals surface area contributed by atoms with Crippen LogP contribution >= 0.6 is 24.0 Å². The Hall–Kier alpha value is -2.36. The number of unbranched alkanes of at least 4 members (excludes halogenated alkanes) is 1. The molecular weight excluding hydrogens is 489 g/mol. The van der Waals surface area contributed by atoms with E-state index in [1.165, 1.54) is 0 Å². The minimum Gasteiger partial charge on any atom is -0.357 e. The lowest BCUT2D eigenvalue weighted by molar-refractivity contribution is 0.463. The maximum absolute atomic E-state index is 4.78. The van der Waals surface area contributed by atoms with Crippen molar-refractivity contribution in [3.05, 3.63) is 60.6 Å². The molecule has 162 valence electrons. The number of aromatic amines is 1. The maximum atomic E-state index is 4.78. The lowest BCUT2D eigenvalue weighted by Gasteiger charge is -2.21. The van der Waals surface area contributed by atoms with Gasteiger partial charge in [-0.15, -0.1) is 24.0 Å². The first-order chi connectivity index (χ1) is 14.2. The molecule has 0 atom stereocenters. The second kappa shape index (κ2) is 12.4. The summed E-state index contributed by atoms with van der Waals surface area (Å²) in [6.45, 7) is 7.42. The summed E-state index contributed by atoms with van der Waals surface area (Å²) in [4.78, 5) is 19.1. The van der Waals surface area contributed by atoms with Crippen molar-refractivity contribution in [1.29, 1.82) is 0 Å². The van der Waals surface area contributed by atoms with E-state index in [4.69, 9.17) is 4.99 Å². The molecule has 8 heteroatoms. The van der Waals surface area contributed by atoms with Gasteiger partial charge in [-0.05, 0) is 32.3 Å². The summed E-state index contributed by atoms with van der Waals surface area (Å²) in [6.07, 6.45) is 7.90. The molecule has 0 aliphatic heterocycles. The van der Waals surface area contributed by atoms with Gasteiger partial charge in [0.2, 0.25) is 0 Å². The van der Waals surface area contributed by atoms with Crippen molar-refractivity contribution in [2.24, 2.45) is 4.99 Å². The molecule has 0 amide bonds. The lowest BCUT2D eigenvalue weighted by Crippen LogP contribution is -2.38. The SMILES string of the molecule is CCNC(=NCCCCn1ccnc1C)N(C)Cc1ncc(-c2ccccc2)[nH]1.I. The first kappa shape index (κ1) is 23.9. The van der Waals surface area contributed by atoms with Gasteiger partial charge in [-0.25, -0.2) is 9.97 Å². The van der Waals surface area contributed by atoms with Gasteiger partial charge in [0.1, 0.15) is 11.6 Å². The van der Waals surface area contributed by atoms with Gasteiger partial charge in [-0.1, -0.05) is 30.3 Å². The van der Waals surface area contributed by atoms with E-state index in [1.54, 1.807) is 0 Å². The van der Waals surface area contributed by atoms with Crippen molar-refractivity contribution in [3.8, 4) is 11.3 Å². The van der Waals surface area contributed by atoms with Crippen molar-refractivity contribution in [3.63, 3.8) is 0 Å². The molecule has 0 saturated heterocycles. The topological polar surface area (TPSA) is 74.1 Å². The number of imidazole rings is 2. The number of hydrogen-bond acceptors (Lipinski definition) is 3. The number of aliphatic imine (C=N–C) groups is 1. The molecule has 0 fully saturated rings. The number of nitrogens with zero attached hydrogens (tertiary/aromatic N) is 5. The number of aromatic nitrogens is 4. The van der Waals surface area contributed by atoms with Gasteiger partial charge in [-0.2, -0.15) is 0 Å². The third kappa shape index (κ3) is 6.86. The Balaban J connectivity index is 0.00000320. The number of nitrogens with one attached hydrogen (secondary N) is 2. The fraction of sp³-hybridized carbons (Fsp3) is 0.409. The fourth-order valence-electron chi connectivity index (χ4n) is 3.20. The molecule has 30 heavy (non-hydrogen) atoms. The first-order valence-corrected chi connectivity index (χ1v) is 10.2. The Morgan fingerprint density at radius 1 is 1.20 bits per heavy atom. The second-order valence-electron chi connectivity index (χ2n) is 7.08. The molecule has 3 aromatic rings. The van der Waals surface area contributed by atoms with Gasteiger partial charge in [0.25, 0.3) is 0 Å². The van der Waals surface area contributed by atoms with E-state index in [2.05, 4.69) is 48.8 Å². The first-order valence-electron chi connectivity index (χ1n) is 10.2. The largest absolute Gasteiger partial charge is 0.357 e. The minimum absolute atomic E-state index is 0. The third-order valence-electron chi connectivity index (χ3n) is 4.79. The normalized spacial score (nSPS) is 11.2. The van der Waals surface area contributed by atoms with Gasteiger partial charge in [0.15, 0.2) is 5.96 Å².